The Morgan fingerprint density at radius 1 is 1.17 bits per heavy atom. The van der Waals surface area contributed by atoms with E-state index < -0.39 is 10.0 Å². The van der Waals surface area contributed by atoms with Crippen LogP contribution in [-0.2, 0) is 10.0 Å². The second-order valence-electron chi connectivity index (χ2n) is 4.86. The van der Waals surface area contributed by atoms with Gasteiger partial charge < -0.3 is 9.47 Å². The smallest absolute Gasteiger partial charge is 0.244 e. The lowest BCUT2D eigenvalue weighted by Crippen LogP contribution is -2.28. The third kappa shape index (κ3) is 4.86. The molecule has 0 heterocycles. The Kier molecular flexibility index (Phi) is 5.87. The average Bonchev–Trinajstić information content (AvgIpc) is 2.52. The van der Waals surface area contributed by atoms with E-state index >= 15 is 0 Å². The number of nitrogens with one attached hydrogen (secondary N) is 1. The van der Waals surface area contributed by atoms with Crippen LogP contribution in [-0.4, -0.2) is 28.7 Å². The fourth-order valence-electron chi connectivity index (χ4n) is 1.99. The molecule has 2 rings (SSSR count). The van der Waals surface area contributed by atoms with Crippen molar-refractivity contribution in [3.05, 3.63) is 53.1 Å². The molecule has 2 aromatic carbocycles. The molecule has 23 heavy (non-hydrogen) atoms. The summed E-state index contributed by atoms with van der Waals surface area (Å²) in [5.41, 5.74) is 1.08. The summed E-state index contributed by atoms with van der Waals surface area (Å²) in [5.74, 6) is 0.936. The van der Waals surface area contributed by atoms with Crippen molar-refractivity contribution in [3.63, 3.8) is 0 Å². The number of aryl methyl sites for hydroxylation is 1. The van der Waals surface area contributed by atoms with Crippen LogP contribution in [0.5, 0.6) is 11.5 Å². The van der Waals surface area contributed by atoms with E-state index in [1.54, 1.807) is 6.07 Å². The first kappa shape index (κ1) is 17.6. The second kappa shape index (κ2) is 7.68. The fraction of sp³-hybridized carbons (Fsp3) is 0.250. The maximum absolute atomic E-state index is 12.3. The number of ether oxygens (including phenoxy) is 2. The van der Waals surface area contributed by atoms with E-state index in [9.17, 15) is 8.42 Å². The van der Waals surface area contributed by atoms with Gasteiger partial charge in [-0.05, 0) is 42.8 Å². The van der Waals surface area contributed by atoms with E-state index in [1.165, 1.54) is 19.2 Å². The van der Waals surface area contributed by atoms with E-state index in [0.29, 0.717) is 10.8 Å². The summed E-state index contributed by atoms with van der Waals surface area (Å²) in [4.78, 5) is 0.00283. The molecule has 0 spiro atoms. The number of rotatable bonds is 7. The Labute approximate surface area is 141 Å². The Hall–Kier alpha value is -1.76. The predicted octanol–water partition coefficient (Wildman–Crippen LogP) is 3.01. The molecule has 0 bridgehead atoms. The fourth-order valence-corrected chi connectivity index (χ4v) is 3.43. The van der Waals surface area contributed by atoms with Crippen LogP contribution >= 0.6 is 11.6 Å². The molecule has 0 radical (unpaired) electrons. The van der Waals surface area contributed by atoms with Gasteiger partial charge in [-0.15, -0.1) is 0 Å². The normalized spacial score (nSPS) is 11.3. The van der Waals surface area contributed by atoms with Gasteiger partial charge in [0.25, 0.3) is 0 Å². The quantitative estimate of drug-likeness (QED) is 0.775. The Morgan fingerprint density at radius 3 is 2.65 bits per heavy atom. The summed E-state index contributed by atoms with van der Waals surface area (Å²) in [6, 6.07) is 12.0. The molecule has 0 aliphatic heterocycles. The second-order valence-corrected chi connectivity index (χ2v) is 7.03. The molecule has 1 N–H and O–H groups in total. The van der Waals surface area contributed by atoms with Crippen molar-refractivity contribution in [3.8, 4) is 11.5 Å². The van der Waals surface area contributed by atoms with Crippen LogP contribution in [0.25, 0.3) is 0 Å². The van der Waals surface area contributed by atoms with E-state index in [2.05, 4.69) is 4.72 Å². The maximum atomic E-state index is 12.3. The van der Waals surface area contributed by atoms with Crippen molar-refractivity contribution in [2.45, 2.75) is 11.8 Å². The van der Waals surface area contributed by atoms with Crippen molar-refractivity contribution < 1.29 is 17.9 Å². The van der Waals surface area contributed by atoms with E-state index in [0.717, 1.165) is 5.56 Å². The van der Waals surface area contributed by atoms with Crippen LogP contribution < -0.4 is 14.2 Å². The maximum Gasteiger partial charge on any atom is 0.244 e. The van der Waals surface area contributed by atoms with Crippen LogP contribution in [0.1, 0.15) is 5.56 Å². The molecule has 0 aromatic heterocycles. The Bertz CT molecular complexity index is 777. The molecule has 0 saturated heterocycles. The van der Waals surface area contributed by atoms with Crippen LogP contribution in [0.4, 0.5) is 0 Å². The van der Waals surface area contributed by atoms with Gasteiger partial charge in [0.2, 0.25) is 10.0 Å². The lowest BCUT2D eigenvalue weighted by Gasteiger charge is -2.12. The average molecular weight is 356 g/mol. The third-order valence-corrected chi connectivity index (χ3v) is 4.78. The standard InChI is InChI=1S/C16H18ClNO4S/c1-12-4-3-5-14(10-12)22-9-8-18-23(19,20)16-11-13(17)6-7-15(16)21-2/h3-7,10-11,18H,8-9H2,1-2H3. The highest BCUT2D eigenvalue weighted by molar-refractivity contribution is 7.89. The molecule has 2 aromatic rings. The van der Waals surface area contributed by atoms with Crippen LogP contribution in [0.2, 0.25) is 5.02 Å². The first-order valence-corrected chi connectivity index (χ1v) is 8.81. The molecule has 5 nitrogen and oxygen atoms in total. The Morgan fingerprint density at radius 2 is 1.96 bits per heavy atom. The monoisotopic (exact) mass is 355 g/mol. The summed E-state index contributed by atoms with van der Waals surface area (Å²) in [6.07, 6.45) is 0. The molecule has 7 heteroatoms. The van der Waals surface area contributed by atoms with Gasteiger partial charge in [0.1, 0.15) is 23.0 Å². The Balaban J connectivity index is 1.98. The van der Waals surface area contributed by atoms with Crippen molar-refractivity contribution in [2.75, 3.05) is 20.3 Å². The first-order chi connectivity index (χ1) is 10.9. The van der Waals surface area contributed by atoms with E-state index in [4.69, 9.17) is 21.1 Å². The minimum Gasteiger partial charge on any atom is -0.495 e. The van der Waals surface area contributed by atoms with Gasteiger partial charge >= 0.3 is 0 Å². The number of benzene rings is 2. The molecule has 0 aliphatic rings. The topological polar surface area (TPSA) is 64.6 Å². The summed E-state index contributed by atoms with van der Waals surface area (Å²) >= 11 is 5.86. The van der Waals surface area contributed by atoms with E-state index in [1.807, 2.05) is 31.2 Å². The predicted molar refractivity (Wildman–Crippen MR) is 89.9 cm³/mol. The largest absolute Gasteiger partial charge is 0.495 e. The molecule has 0 fully saturated rings. The van der Waals surface area contributed by atoms with Gasteiger partial charge in [0.05, 0.1) is 7.11 Å². The summed E-state index contributed by atoms with van der Waals surface area (Å²) in [7, 11) is -2.32. The summed E-state index contributed by atoms with van der Waals surface area (Å²) in [6.45, 7) is 2.30. The highest BCUT2D eigenvalue weighted by Gasteiger charge is 2.19. The van der Waals surface area contributed by atoms with Crippen molar-refractivity contribution in [1.82, 2.24) is 4.72 Å². The number of hydrogen-bond acceptors (Lipinski definition) is 4. The zero-order valence-electron chi connectivity index (χ0n) is 12.9. The molecular weight excluding hydrogens is 338 g/mol. The van der Waals surface area contributed by atoms with Crippen LogP contribution in [0.3, 0.4) is 0 Å². The summed E-state index contributed by atoms with van der Waals surface area (Å²) < 4.78 is 37.7. The van der Waals surface area contributed by atoms with Gasteiger partial charge in [-0.3, -0.25) is 0 Å². The van der Waals surface area contributed by atoms with Crippen molar-refractivity contribution >= 4 is 21.6 Å². The molecular formula is C16H18ClNO4S. The lowest BCUT2D eigenvalue weighted by molar-refractivity contribution is 0.322. The van der Waals surface area contributed by atoms with Gasteiger partial charge in [-0.1, -0.05) is 23.7 Å². The van der Waals surface area contributed by atoms with Gasteiger partial charge in [-0.25, -0.2) is 13.1 Å². The zero-order chi connectivity index (χ0) is 16.9. The minimum atomic E-state index is -3.73. The number of methoxy groups -OCH3 is 1. The van der Waals surface area contributed by atoms with Crippen molar-refractivity contribution in [2.24, 2.45) is 0 Å². The molecule has 0 unspecified atom stereocenters. The highest BCUT2D eigenvalue weighted by Crippen LogP contribution is 2.26. The zero-order valence-corrected chi connectivity index (χ0v) is 14.4. The first-order valence-electron chi connectivity index (χ1n) is 6.95. The molecule has 0 atom stereocenters. The summed E-state index contributed by atoms with van der Waals surface area (Å²) in [5, 5.41) is 0.321. The van der Waals surface area contributed by atoms with Gasteiger partial charge in [-0.2, -0.15) is 0 Å². The highest BCUT2D eigenvalue weighted by atomic mass is 35.5. The van der Waals surface area contributed by atoms with Gasteiger partial charge in [0, 0.05) is 11.6 Å². The molecule has 124 valence electrons. The third-order valence-electron chi connectivity index (χ3n) is 3.07. The van der Waals surface area contributed by atoms with Crippen molar-refractivity contribution in [1.29, 1.82) is 0 Å². The number of halogens is 1. The van der Waals surface area contributed by atoms with E-state index in [-0.39, 0.29) is 23.8 Å². The molecule has 0 amide bonds. The molecule has 0 aliphatic carbocycles. The SMILES string of the molecule is COc1ccc(Cl)cc1S(=O)(=O)NCCOc1cccc(C)c1. The lowest BCUT2D eigenvalue weighted by atomic mass is 10.2. The molecule has 0 saturated carbocycles. The number of hydrogen-bond donors (Lipinski definition) is 1. The number of sulfonamides is 1. The minimum absolute atomic E-state index is 0.00283. The van der Waals surface area contributed by atoms with Crippen LogP contribution in [0, 0.1) is 6.92 Å². The van der Waals surface area contributed by atoms with Crippen LogP contribution in [0.15, 0.2) is 47.4 Å². The van der Waals surface area contributed by atoms with Gasteiger partial charge in [0.15, 0.2) is 0 Å².